The highest BCUT2D eigenvalue weighted by molar-refractivity contribution is 9.10. The SMILES string of the molecule is Cc1ccc2oc(N3CCC(C)(C)CC3)c(C#N)c(=O)c2c1Br. The first-order valence-electron chi connectivity index (χ1n) is 7.75. The van der Waals surface area contributed by atoms with Crippen molar-refractivity contribution in [3.8, 4) is 6.07 Å². The number of aryl methyl sites for hydroxylation is 1. The van der Waals surface area contributed by atoms with E-state index in [0.29, 0.717) is 26.7 Å². The second kappa shape index (κ2) is 5.68. The molecule has 3 rings (SSSR count). The Labute approximate surface area is 143 Å². The smallest absolute Gasteiger partial charge is 0.218 e. The summed E-state index contributed by atoms with van der Waals surface area (Å²) in [5.74, 6) is 0.413. The lowest BCUT2D eigenvalue weighted by molar-refractivity contribution is 0.274. The molecule has 0 bridgehead atoms. The van der Waals surface area contributed by atoms with Gasteiger partial charge >= 0.3 is 0 Å². The molecular weight excluding hydrogens is 356 g/mol. The average molecular weight is 375 g/mol. The Morgan fingerprint density at radius 3 is 2.57 bits per heavy atom. The molecule has 0 unspecified atom stereocenters. The largest absolute Gasteiger partial charge is 0.439 e. The van der Waals surface area contributed by atoms with Crippen molar-refractivity contribution in [3.05, 3.63) is 38.0 Å². The number of fused-ring (bicyclic) bond motifs is 1. The van der Waals surface area contributed by atoms with Gasteiger partial charge in [-0.05, 0) is 52.7 Å². The van der Waals surface area contributed by atoms with Gasteiger partial charge in [0.1, 0.15) is 11.7 Å². The Kier molecular flexibility index (Phi) is 3.97. The predicted octanol–water partition coefficient (Wildman–Crippen LogP) is 4.36. The number of halogens is 1. The molecule has 1 aromatic carbocycles. The highest BCUT2D eigenvalue weighted by Gasteiger charge is 2.29. The fourth-order valence-corrected chi connectivity index (χ4v) is 3.48. The lowest BCUT2D eigenvalue weighted by Gasteiger charge is -2.37. The van der Waals surface area contributed by atoms with Crippen LogP contribution in [0.2, 0.25) is 0 Å². The number of benzene rings is 1. The maximum atomic E-state index is 12.8. The zero-order valence-electron chi connectivity index (χ0n) is 13.6. The van der Waals surface area contributed by atoms with Gasteiger partial charge in [-0.3, -0.25) is 4.79 Å². The van der Waals surface area contributed by atoms with Crippen molar-refractivity contribution in [1.29, 1.82) is 5.26 Å². The third kappa shape index (κ3) is 2.76. The molecule has 1 aromatic heterocycles. The molecule has 0 atom stereocenters. The molecule has 2 heterocycles. The molecule has 0 saturated carbocycles. The van der Waals surface area contributed by atoms with Crippen molar-refractivity contribution >= 4 is 32.8 Å². The number of rotatable bonds is 1. The maximum absolute atomic E-state index is 12.8. The summed E-state index contributed by atoms with van der Waals surface area (Å²) in [6.45, 7) is 7.99. The normalized spacial score (nSPS) is 17.3. The van der Waals surface area contributed by atoms with Gasteiger partial charge in [-0.15, -0.1) is 0 Å². The Bertz CT molecular complexity index is 867. The monoisotopic (exact) mass is 374 g/mol. The van der Waals surface area contributed by atoms with Crippen molar-refractivity contribution in [2.75, 3.05) is 18.0 Å². The van der Waals surface area contributed by atoms with Gasteiger partial charge in [-0.2, -0.15) is 5.26 Å². The topological polar surface area (TPSA) is 57.2 Å². The quantitative estimate of drug-likeness (QED) is 0.743. The van der Waals surface area contributed by atoms with Gasteiger partial charge < -0.3 is 9.32 Å². The molecule has 1 aliphatic rings. The van der Waals surface area contributed by atoms with E-state index in [4.69, 9.17) is 4.42 Å². The van der Waals surface area contributed by atoms with Crippen molar-refractivity contribution < 1.29 is 4.42 Å². The van der Waals surface area contributed by atoms with E-state index in [-0.39, 0.29) is 11.0 Å². The Balaban J connectivity index is 2.18. The molecule has 0 spiro atoms. The van der Waals surface area contributed by atoms with Crippen LogP contribution in [0.15, 0.2) is 25.8 Å². The molecule has 5 heteroatoms. The van der Waals surface area contributed by atoms with Crippen molar-refractivity contribution in [2.45, 2.75) is 33.6 Å². The average Bonchev–Trinajstić information content (AvgIpc) is 2.50. The zero-order valence-corrected chi connectivity index (χ0v) is 15.2. The van der Waals surface area contributed by atoms with Gasteiger partial charge in [-0.25, -0.2) is 0 Å². The summed E-state index contributed by atoms with van der Waals surface area (Å²) in [4.78, 5) is 14.8. The first kappa shape index (κ1) is 16.1. The maximum Gasteiger partial charge on any atom is 0.218 e. The van der Waals surface area contributed by atoms with Gasteiger partial charge in [0, 0.05) is 17.6 Å². The fourth-order valence-electron chi connectivity index (χ4n) is 2.97. The summed E-state index contributed by atoms with van der Waals surface area (Å²) in [7, 11) is 0. The van der Waals surface area contributed by atoms with Gasteiger partial charge in [0.15, 0.2) is 5.56 Å². The Morgan fingerprint density at radius 1 is 1.30 bits per heavy atom. The molecule has 0 N–H and O–H groups in total. The molecule has 0 radical (unpaired) electrons. The summed E-state index contributed by atoms with van der Waals surface area (Å²) < 4.78 is 6.68. The molecular formula is C18H19BrN2O2. The van der Waals surface area contributed by atoms with Gasteiger partial charge in [0.2, 0.25) is 11.3 Å². The highest BCUT2D eigenvalue weighted by Crippen LogP contribution is 2.35. The molecule has 120 valence electrons. The molecule has 1 saturated heterocycles. The minimum absolute atomic E-state index is 0.100. The summed E-state index contributed by atoms with van der Waals surface area (Å²) in [6.07, 6.45) is 2.02. The van der Waals surface area contributed by atoms with Crippen LogP contribution in [0.25, 0.3) is 11.0 Å². The van der Waals surface area contributed by atoms with E-state index in [0.717, 1.165) is 31.5 Å². The number of anilines is 1. The van der Waals surface area contributed by atoms with E-state index in [1.807, 2.05) is 17.9 Å². The molecule has 4 nitrogen and oxygen atoms in total. The lowest BCUT2D eigenvalue weighted by Crippen LogP contribution is -2.38. The van der Waals surface area contributed by atoms with Crippen LogP contribution >= 0.6 is 15.9 Å². The first-order chi connectivity index (χ1) is 10.8. The van der Waals surface area contributed by atoms with Crippen LogP contribution in [-0.2, 0) is 0 Å². The van der Waals surface area contributed by atoms with E-state index in [1.165, 1.54) is 0 Å². The minimum Gasteiger partial charge on any atom is -0.439 e. The van der Waals surface area contributed by atoms with Crippen LogP contribution in [0.1, 0.15) is 37.8 Å². The molecule has 2 aromatic rings. The summed E-state index contributed by atoms with van der Waals surface area (Å²) in [5, 5.41) is 9.95. The Hall–Kier alpha value is -1.80. The number of piperidine rings is 1. The molecule has 1 aliphatic heterocycles. The van der Waals surface area contributed by atoms with Crippen molar-refractivity contribution in [1.82, 2.24) is 0 Å². The van der Waals surface area contributed by atoms with Crippen LogP contribution in [0.4, 0.5) is 5.88 Å². The van der Waals surface area contributed by atoms with Crippen LogP contribution in [0.5, 0.6) is 0 Å². The predicted molar refractivity (Wildman–Crippen MR) is 94.9 cm³/mol. The summed E-state index contributed by atoms with van der Waals surface area (Å²) >= 11 is 3.45. The van der Waals surface area contributed by atoms with Crippen molar-refractivity contribution in [2.24, 2.45) is 5.41 Å². The lowest BCUT2D eigenvalue weighted by atomic mass is 9.82. The number of hydrogen-bond acceptors (Lipinski definition) is 4. The van der Waals surface area contributed by atoms with E-state index < -0.39 is 0 Å². The summed E-state index contributed by atoms with van der Waals surface area (Å²) in [6, 6.07) is 5.76. The van der Waals surface area contributed by atoms with Crippen LogP contribution in [0.3, 0.4) is 0 Å². The fraction of sp³-hybridized carbons (Fsp3) is 0.444. The van der Waals surface area contributed by atoms with Gasteiger partial charge in [0.25, 0.3) is 0 Å². The van der Waals surface area contributed by atoms with E-state index in [1.54, 1.807) is 6.07 Å². The molecule has 0 aliphatic carbocycles. The number of nitriles is 1. The third-order valence-electron chi connectivity index (χ3n) is 4.69. The summed E-state index contributed by atoms with van der Waals surface area (Å²) in [5.41, 5.74) is 1.60. The molecule has 1 fully saturated rings. The van der Waals surface area contributed by atoms with Crippen LogP contribution in [0, 0.1) is 23.7 Å². The highest BCUT2D eigenvalue weighted by atomic mass is 79.9. The minimum atomic E-state index is -0.260. The second-order valence-corrected chi connectivity index (χ2v) is 7.74. The van der Waals surface area contributed by atoms with Gasteiger partial charge in [-0.1, -0.05) is 19.9 Å². The van der Waals surface area contributed by atoms with Crippen LogP contribution in [-0.4, -0.2) is 13.1 Å². The van der Waals surface area contributed by atoms with Crippen LogP contribution < -0.4 is 10.3 Å². The van der Waals surface area contributed by atoms with E-state index in [9.17, 15) is 10.1 Å². The third-order valence-corrected chi connectivity index (χ3v) is 5.71. The van der Waals surface area contributed by atoms with E-state index in [2.05, 4.69) is 35.8 Å². The molecule has 23 heavy (non-hydrogen) atoms. The number of nitrogens with zero attached hydrogens (tertiary/aromatic N) is 2. The standard InChI is InChI=1S/C18H19BrN2O2/c1-11-4-5-13-14(15(11)19)16(22)12(10-20)17(23-13)21-8-6-18(2,3)7-9-21/h4-5H,6-9H2,1-3H3. The Morgan fingerprint density at radius 2 is 1.96 bits per heavy atom. The van der Waals surface area contributed by atoms with E-state index >= 15 is 0 Å². The zero-order chi connectivity index (χ0) is 16.8. The van der Waals surface area contributed by atoms with Gasteiger partial charge in [0.05, 0.1) is 5.39 Å². The first-order valence-corrected chi connectivity index (χ1v) is 8.54. The second-order valence-electron chi connectivity index (χ2n) is 6.94. The number of hydrogen-bond donors (Lipinski definition) is 0. The molecule has 0 amide bonds. The van der Waals surface area contributed by atoms with Crippen molar-refractivity contribution in [3.63, 3.8) is 0 Å².